The second kappa shape index (κ2) is 5.36. The molecule has 0 saturated carbocycles. The highest BCUT2D eigenvalue weighted by atomic mass is 16.2. The van der Waals surface area contributed by atoms with Crippen molar-refractivity contribution in [3.05, 3.63) is 61.9 Å². The zero-order valence-corrected chi connectivity index (χ0v) is 12.2. The van der Waals surface area contributed by atoms with E-state index in [1.165, 1.54) is 28.8 Å². The molecule has 0 unspecified atom stereocenters. The first-order chi connectivity index (χ1) is 9.40. The van der Waals surface area contributed by atoms with E-state index in [0.29, 0.717) is 12.2 Å². The van der Waals surface area contributed by atoms with Gasteiger partial charge in [-0.15, -0.1) is 0 Å². The van der Waals surface area contributed by atoms with Crippen molar-refractivity contribution in [1.82, 2.24) is 9.13 Å². The maximum atomic E-state index is 11.8. The van der Waals surface area contributed by atoms with Gasteiger partial charge in [-0.05, 0) is 37.1 Å². The van der Waals surface area contributed by atoms with E-state index in [4.69, 9.17) is 0 Å². The molecule has 5 nitrogen and oxygen atoms in total. The van der Waals surface area contributed by atoms with Gasteiger partial charge in [-0.3, -0.25) is 13.9 Å². The molecule has 0 aliphatic rings. The standard InChI is InChI=1S/C15H19N3O2/c1-10-5-6-12(7-11(10)2)16-9-13-8-14(19)18(4)15(20)17(13)3/h5-8,16H,9H2,1-4H3. The van der Waals surface area contributed by atoms with Crippen molar-refractivity contribution in [3.63, 3.8) is 0 Å². The van der Waals surface area contributed by atoms with Crippen LogP contribution in [0, 0.1) is 13.8 Å². The molecule has 0 radical (unpaired) electrons. The second-order valence-corrected chi connectivity index (χ2v) is 5.03. The molecule has 106 valence electrons. The van der Waals surface area contributed by atoms with Gasteiger partial charge in [0.1, 0.15) is 0 Å². The normalized spacial score (nSPS) is 10.6. The summed E-state index contributed by atoms with van der Waals surface area (Å²) >= 11 is 0. The van der Waals surface area contributed by atoms with Crippen LogP contribution in [0.15, 0.2) is 33.9 Å². The Bertz CT molecular complexity index is 757. The molecular weight excluding hydrogens is 254 g/mol. The Morgan fingerprint density at radius 3 is 2.35 bits per heavy atom. The van der Waals surface area contributed by atoms with E-state index in [-0.39, 0.29) is 11.2 Å². The lowest BCUT2D eigenvalue weighted by Gasteiger charge is -2.12. The van der Waals surface area contributed by atoms with E-state index >= 15 is 0 Å². The summed E-state index contributed by atoms with van der Waals surface area (Å²) in [4.78, 5) is 23.5. The Balaban J connectivity index is 2.25. The van der Waals surface area contributed by atoms with Gasteiger partial charge in [0.15, 0.2) is 0 Å². The van der Waals surface area contributed by atoms with Crippen molar-refractivity contribution in [3.8, 4) is 0 Å². The highest BCUT2D eigenvalue weighted by Gasteiger charge is 2.05. The van der Waals surface area contributed by atoms with Crippen LogP contribution in [0.2, 0.25) is 0 Å². The number of rotatable bonds is 3. The average Bonchev–Trinajstić information content (AvgIpc) is 2.42. The Hall–Kier alpha value is -2.30. The lowest BCUT2D eigenvalue weighted by Crippen LogP contribution is -2.38. The van der Waals surface area contributed by atoms with Crippen LogP contribution in [0.25, 0.3) is 0 Å². The SMILES string of the molecule is Cc1ccc(NCc2cc(=O)n(C)c(=O)n2C)cc1C. The van der Waals surface area contributed by atoms with Gasteiger partial charge < -0.3 is 5.32 Å². The molecule has 20 heavy (non-hydrogen) atoms. The van der Waals surface area contributed by atoms with Crippen LogP contribution in [0.3, 0.4) is 0 Å². The maximum Gasteiger partial charge on any atom is 0.330 e. The number of nitrogens with zero attached hydrogens (tertiary/aromatic N) is 2. The van der Waals surface area contributed by atoms with Gasteiger partial charge in [0, 0.05) is 31.5 Å². The summed E-state index contributed by atoms with van der Waals surface area (Å²) in [5, 5.41) is 3.24. The lowest BCUT2D eigenvalue weighted by molar-refractivity contribution is 0.655. The van der Waals surface area contributed by atoms with Crippen molar-refractivity contribution < 1.29 is 0 Å². The minimum atomic E-state index is -0.311. The molecule has 1 heterocycles. The Morgan fingerprint density at radius 2 is 1.70 bits per heavy atom. The van der Waals surface area contributed by atoms with E-state index in [9.17, 15) is 9.59 Å². The number of aromatic nitrogens is 2. The van der Waals surface area contributed by atoms with Gasteiger partial charge in [0.2, 0.25) is 0 Å². The van der Waals surface area contributed by atoms with Gasteiger partial charge in [0.05, 0.1) is 6.54 Å². The van der Waals surface area contributed by atoms with Gasteiger partial charge in [-0.2, -0.15) is 0 Å². The fraction of sp³-hybridized carbons (Fsp3) is 0.333. The van der Waals surface area contributed by atoms with Crippen LogP contribution < -0.4 is 16.6 Å². The van der Waals surface area contributed by atoms with Crippen LogP contribution in [0.4, 0.5) is 5.69 Å². The number of benzene rings is 1. The third kappa shape index (κ3) is 2.66. The number of aryl methyl sites for hydroxylation is 2. The third-order valence-electron chi connectivity index (χ3n) is 3.61. The molecule has 1 N–H and O–H groups in total. The molecule has 0 atom stereocenters. The molecule has 1 aromatic heterocycles. The minimum Gasteiger partial charge on any atom is -0.379 e. The topological polar surface area (TPSA) is 56.0 Å². The number of anilines is 1. The van der Waals surface area contributed by atoms with E-state index in [1.807, 2.05) is 12.1 Å². The number of nitrogens with one attached hydrogen (secondary N) is 1. The number of hydrogen-bond acceptors (Lipinski definition) is 3. The highest BCUT2D eigenvalue weighted by molar-refractivity contribution is 5.48. The predicted octanol–water partition coefficient (Wildman–Crippen LogP) is 1.31. The molecule has 2 aromatic rings. The zero-order chi connectivity index (χ0) is 14.9. The zero-order valence-electron chi connectivity index (χ0n) is 12.2. The molecule has 0 fully saturated rings. The van der Waals surface area contributed by atoms with Crippen LogP contribution in [0.1, 0.15) is 16.8 Å². The Morgan fingerprint density at radius 1 is 1.00 bits per heavy atom. The molecule has 5 heteroatoms. The molecule has 0 spiro atoms. The van der Waals surface area contributed by atoms with Crippen molar-refractivity contribution >= 4 is 5.69 Å². The third-order valence-corrected chi connectivity index (χ3v) is 3.61. The fourth-order valence-corrected chi connectivity index (χ4v) is 1.99. The average molecular weight is 273 g/mol. The van der Waals surface area contributed by atoms with Crippen molar-refractivity contribution in [2.75, 3.05) is 5.32 Å². The lowest BCUT2D eigenvalue weighted by atomic mass is 10.1. The summed E-state index contributed by atoms with van der Waals surface area (Å²) in [5.74, 6) is 0. The van der Waals surface area contributed by atoms with Gasteiger partial charge >= 0.3 is 5.69 Å². The summed E-state index contributed by atoms with van der Waals surface area (Å²) in [6, 6.07) is 7.56. The Kier molecular flexibility index (Phi) is 3.79. The highest BCUT2D eigenvalue weighted by Crippen LogP contribution is 2.14. The van der Waals surface area contributed by atoms with E-state index < -0.39 is 0 Å². The smallest absolute Gasteiger partial charge is 0.330 e. The predicted molar refractivity (Wildman–Crippen MR) is 80.2 cm³/mol. The van der Waals surface area contributed by atoms with E-state index in [2.05, 4.69) is 25.2 Å². The van der Waals surface area contributed by atoms with Crippen LogP contribution in [0.5, 0.6) is 0 Å². The molecule has 2 rings (SSSR count). The molecule has 0 amide bonds. The molecule has 0 aliphatic carbocycles. The largest absolute Gasteiger partial charge is 0.379 e. The van der Waals surface area contributed by atoms with Crippen molar-refractivity contribution in [1.29, 1.82) is 0 Å². The molecule has 1 aromatic carbocycles. The molecule has 0 bridgehead atoms. The summed E-state index contributed by atoms with van der Waals surface area (Å²) in [5.41, 5.74) is 3.47. The summed E-state index contributed by atoms with van der Waals surface area (Å²) in [6.45, 7) is 4.54. The van der Waals surface area contributed by atoms with Crippen molar-refractivity contribution in [2.45, 2.75) is 20.4 Å². The van der Waals surface area contributed by atoms with E-state index in [0.717, 1.165) is 10.3 Å². The molecule has 0 saturated heterocycles. The Labute approximate surface area is 117 Å². The van der Waals surface area contributed by atoms with Gasteiger partial charge in [-0.25, -0.2) is 4.79 Å². The summed E-state index contributed by atoms with van der Waals surface area (Å²) < 4.78 is 2.58. The monoisotopic (exact) mass is 273 g/mol. The van der Waals surface area contributed by atoms with Crippen LogP contribution >= 0.6 is 0 Å². The van der Waals surface area contributed by atoms with Crippen molar-refractivity contribution in [2.24, 2.45) is 14.1 Å². The first-order valence-electron chi connectivity index (χ1n) is 6.47. The number of hydrogen-bond donors (Lipinski definition) is 1. The van der Waals surface area contributed by atoms with Crippen LogP contribution in [-0.4, -0.2) is 9.13 Å². The summed E-state index contributed by atoms with van der Waals surface area (Å²) in [7, 11) is 3.14. The van der Waals surface area contributed by atoms with Gasteiger partial charge in [-0.1, -0.05) is 6.07 Å². The quantitative estimate of drug-likeness (QED) is 0.917. The molecule has 0 aliphatic heterocycles. The minimum absolute atomic E-state index is 0.287. The van der Waals surface area contributed by atoms with E-state index in [1.54, 1.807) is 7.05 Å². The summed E-state index contributed by atoms with van der Waals surface area (Å²) in [6.07, 6.45) is 0. The molecular formula is C15H19N3O2. The first-order valence-corrected chi connectivity index (χ1v) is 6.47. The maximum absolute atomic E-state index is 11.8. The fourth-order valence-electron chi connectivity index (χ4n) is 1.99. The van der Waals surface area contributed by atoms with Gasteiger partial charge in [0.25, 0.3) is 5.56 Å². The van der Waals surface area contributed by atoms with Crippen LogP contribution in [-0.2, 0) is 20.6 Å². The second-order valence-electron chi connectivity index (χ2n) is 5.03. The first kappa shape index (κ1) is 14.1.